The van der Waals surface area contributed by atoms with Crippen LogP contribution in [0.2, 0.25) is 0 Å². The molecule has 0 bridgehead atoms. The molecule has 0 spiro atoms. The number of piperidine rings is 2. The van der Waals surface area contributed by atoms with Gasteiger partial charge in [0.1, 0.15) is 5.75 Å². The number of nitrogens with one attached hydrogen (secondary N) is 4. The van der Waals surface area contributed by atoms with E-state index in [0.29, 0.717) is 24.7 Å². The lowest BCUT2D eigenvalue weighted by molar-refractivity contribution is -0.130. The van der Waals surface area contributed by atoms with Crippen molar-refractivity contribution in [3.05, 3.63) is 60.2 Å². The molecule has 276 valence electrons. The number of hydroxylamine groups is 2. The Morgan fingerprint density at radius 1 is 0.720 bits per heavy atom. The molecule has 2 aromatic carbocycles. The van der Waals surface area contributed by atoms with Gasteiger partial charge in [-0.3, -0.25) is 20.0 Å². The molecule has 2 saturated heterocycles. The lowest BCUT2D eigenvalue weighted by atomic mass is 9.91. The summed E-state index contributed by atoms with van der Waals surface area (Å²) in [6, 6.07) is 17.2. The average molecular weight is 697 g/mol. The van der Waals surface area contributed by atoms with Crippen LogP contribution in [0.4, 0.5) is 15.3 Å². The molecule has 2 aliphatic heterocycles. The van der Waals surface area contributed by atoms with Gasteiger partial charge in [0, 0.05) is 44.7 Å². The topological polar surface area (TPSA) is 173 Å². The molecule has 2 heterocycles. The van der Waals surface area contributed by atoms with Crippen molar-refractivity contribution < 1.29 is 34.3 Å². The SMILES string of the molecule is CC(C)Oc1ccc(NC(=O)N2CCC(CCCC(=O)NO)CC2)cc1.C[C@@H](NC(=O)N1CCC(CCCC(=O)NO)CC1)c1ccccc1. The molecule has 0 aliphatic carbocycles. The maximum atomic E-state index is 12.4. The van der Waals surface area contributed by atoms with Gasteiger partial charge in [-0.1, -0.05) is 30.3 Å². The molecule has 50 heavy (non-hydrogen) atoms. The minimum Gasteiger partial charge on any atom is -0.491 e. The highest BCUT2D eigenvalue weighted by atomic mass is 16.5. The summed E-state index contributed by atoms with van der Waals surface area (Å²) in [5, 5.41) is 22.9. The highest BCUT2D eigenvalue weighted by Gasteiger charge is 2.24. The van der Waals surface area contributed by atoms with Gasteiger partial charge in [0.25, 0.3) is 0 Å². The zero-order valence-electron chi connectivity index (χ0n) is 29.7. The molecule has 0 radical (unpaired) electrons. The lowest BCUT2D eigenvalue weighted by Crippen LogP contribution is -2.45. The smallest absolute Gasteiger partial charge is 0.321 e. The van der Waals surface area contributed by atoms with Gasteiger partial charge in [-0.2, -0.15) is 0 Å². The van der Waals surface area contributed by atoms with Crippen molar-refractivity contribution in [1.29, 1.82) is 0 Å². The van der Waals surface area contributed by atoms with E-state index in [1.165, 1.54) is 0 Å². The van der Waals surface area contributed by atoms with Gasteiger partial charge in [0.05, 0.1) is 12.1 Å². The molecular formula is C37H56N6O7. The lowest BCUT2D eigenvalue weighted by Gasteiger charge is -2.33. The minimum atomic E-state index is -0.341. The third kappa shape index (κ3) is 14.6. The molecule has 13 nitrogen and oxygen atoms in total. The predicted octanol–water partition coefficient (Wildman–Crippen LogP) is 6.24. The number of urea groups is 2. The first kappa shape index (κ1) is 40.1. The summed E-state index contributed by atoms with van der Waals surface area (Å²) in [5.41, 5.74) is 5.16. The van der Waals surface area contributed by atoms with Crippen molar-refractivity contribution in [2.75, 3.05) is 31.5 Å². The number of nitrogens with zero attached hydrogens (tertiary/aromatic N) is 2. The second-order valence-electron chi connectivity index (χ2n) is 13.4. The van der Waals surface area contributed by atoms with Gasteiger partial charge in [-0.25, -0.2) is 20.5 Å². The Morgan fingerprint density at radius 2 is 1.20 bits per heavy atom. The largest absolute Gasteiger partial charge is 0.491 e. The average Bonchev–Trinajstić information content (AvgIpc) is 3.13. The zero-order valence-corrected chi connectivity index (χ0v) is 29.7. The Labute approximate surface area is 296 Å². The fraction of sp³-hybridized carbons (Fsp3) is 0.568. The van der Waals surface area contributed by atoms with Crippen LogP contribution in [0.1, 0.15) is 96.6 Å². The van der Waals surface area contributed by atoms with Crippen molar-refractivity contribution in [3.63, 3.8) is 0 Å². The number of carbonyl (C=O) groups is 4. The van der Waals surface area contributed by atoms with E-state index in [1.807, 2.05) is 85.2 Å². The Morgan fingerprint density at radius 3 is 1.66 bits per heavy atom. The van der Waals surface area contributed by atoms with E-state index in [2.05, 4.69) is 10.6 Å². The molecule has 2 aromatic rings. The number of amides is 6. The summed E-state index contributed by atoms with van der Waals surface area (Å²) in [7, 11) is 0. The highest BCUT2D eigenvalue weighted by molar-refractivity contribution is 5.89. The van der Waals surface area contributed by atoms with Crippen LogP contribution in [0.5, 0.6) is 5.75 Å². The third-order valence-corrected chi connectivity index (χ3v) is 9.20. The summed E-state index contributed by atoms with van der Waals surface area (Å²) >= 11 is 0. The molecule has 0 aromatic heterocycles. The second kappa shape index (κ2) is 21.7. The van der Waals surface area contributed by atoms with Crippen LogP contribution in [0.25, 0.3) is 0 Å². The number of hydrogen-bond acceptors (Lipinski definition) is 7. The van der Waals surface area contributed by atoms with E-state index in [1.54, 1.807) is 11.0 Å². The number of ether oxygens (including phenoxy) is 1. The van der Waals surface area contributed by atoms with E-state index in [4.69, 9.17) is 15.2 Å². The first-order valence-corrected chi connectivity index (χ1v) is 17.9. The van der Waals surface area contributed by atoms with Crippen LogP contribution in [-0.2, 0) is 9.59 Å². The van der Waals surface area contributed by atoms with Gasteiger partial charge in [0.15, 0.2) is 0 Å². The molecule has 4 rings (SSSR count). The molecule has 1 atom stereocenters. The maximum Gasteiger partial charge on any atom is 0.321 e. The number of carbonyl (C=O) groups excluding carboxylic acids is 4. The molecular weight excluding hydrogens is 640 g/mol. The second-order valence-corrected chi connectivity index (χ2v) is 13.4. The van der Waals surface area contributed by atoms with Gasteiger partial charge in [0.2, 0.25) is 11.8 Å². The van der Waals surface area contributed by atoms with Gasteiger partial charge >= 0.3 is 12.1 Å². The number of rotatable bonds is 13. The van der Waals surface area contributed by atoms with Crippen LogP contribution >= 0.6 is 0 Å². The van der Waals surface area contributed by atoms with Gasteiger partial charge < -0.3 is 25.2 Å². The molecule has 0 saturated carbocycles. The maximum absolute atomic E-state index is 12.4. The van der Waals surface area contributed by atoms with E-state index >= 15 is 0 Å². The molecule has 6 N–H and O–H groups in total. The highest BCUT2D eigenvalue weighted by Crippen LogP contribution is 2.25. The molecule has 13 heteroatoms. The fourth-order valence-corrected chi connectivity index (χ4v) is 6.26. The van der Waals surface area contributed by atoms with E-state index < -0.39 is 0 Å². The summed E-state index contributed by atoms with van der Waals surface area (Å²) in [4.78, 5) is 50.5. The molecule has 2 aliphatic rings. The van der Waals surface area contributed by atoms with Gasteiger partial charge in [-0.15, -0.1) is 0 Å². The Balaban J connectivity index is 0.000000271. The van der Waals surface area contributed by atoms with Crippen LogP contribution in [-0.4, -0.2) is 76.4 Å². The minimum absolute atomic E-state index is 0.00609. The quantitative estimate of drug-likeness (QED) is 0.106. The van der Waals surface area contributed by atoms with Crippen molar-refractivity contribution in [1.82, 2.24) is 26.1 Å². The van der Waals surface area contributed by atoms with E-state index in [-0.39, 0.29) is 36.0 Å². The first-order chi connectivity index (χ1) is 24.1. The van der Waals surface area contributed by atoms with Crippen molar-refractivity contribution in [2.45, 2.75) is 97.1 Å². The third-order valence-electron chi connectivity index (χ3n) is 9.20. The van der Waals surface area contributed by atoms with Crippen LogP contribution < -0.4 is 26.3 Å². The van der Waals surface area contributed by atoms with Crippen LogP contribution in [0.15, 0.2) is 54.6 Å². The van der Waals surface area contributed by atoms with Crippen molar-refractivity contribution in [2.24, 2.45) is 11.8 Å². The standard InChI is InChI=1S/C19H29N3O4.C18H27N3O3/c1-14(2)26-17-8-6-16(7-9-17)20-19(24)22-12-10-15(11-13-22)4-3-5-18(23)21-25;1-14(16-7-3-2-4-8-16)19-18(23)21-12-10-15(11-13-21)6-5-9-17(22)20-24/h6-9,14-15,25H,3-5,10-13H2,1-2H3,(H,20,24)(H,21,23);2-4,7-8,14-15,24H,5-6,9-13H2,1H3,(H,19,23)(H,20,22)/t;14-/m.1/s1. The summed E-state index contributed by atoms with van der Waals surface area (Å²) in [5.74, 6) is 1.19. The summed E-state index contributed by atoms with van der Waals surface area (Å²) in [6.07, 6.45) is 8.06. The predicted molar refractivity (Wildman–Crippen MR) is 191 cm³/mol. The van der Waals surface area contributed by atoms with E-state index in [9.17, 15) is 19.2 Å². The molecule has 2 fully saturated rings. The summed E-state index contributed by atoms with van der Waals surface area (Å²) in [6.45, 7) is 8.89. The number of hydrogen-bond donors (Lipinski definition) is 6. The zero-order chi connectivity index (χ0) is 36.3. The monoisotopic (exact) mass is 696 g/mol. The van der Waals surface area contributed by atoms with Crippen molar-refractivity contribution in [3.8, 4) is 5.75 Å². The number of benzene rings is 2. The van der Waals surface area contributed by atoms with Gasteiger partial charge in [-0.05, 0) is 114 Å². The fourth-order valence-electron chi connectivity index (χ4n) is 6.26. The number of anilines is 1. The normalized spacial score (nSPS) is 15.7. The Bertz CT molecular complexity index is 1310. The molecule has 6 amide bonds. The van der Waals surface area contributed by atoms with E-state index in [0.717, 1.165) is 94.5 Å². The summed E-state index contributed by atoms with van der Waals surface area (Å²) < 4.78 is 5.59. The van der Waals surface area contributed by atoms with Crippen LogP contribution in [0, 0.1) is 11.8 Å². The Kier molecular flexibility index (Phi) is 17.4. The molecule has 0 unspecified atom stereocenters. The van der Waals surface area contributed by atoms with Crippen molar-refractivity contribution >= 4 is 29.6 Å². The first-order valence-electron chi connectivity index (χ1n) is 17.9. The Hall–Kier alpha value is -4.36. The van der Waals surface area contributed by atoms with Crippen LogP contribution in [0.3, 0.4) is 0 Å². The number of likely N-dealkylation sites (tertiary alicyclic amines) is 2.